The third-order valence-electron chi connectivity index (χ3n) is 4.74. The van der Waals surface area contributed by atoms with E-state index in [-0.39, 0.29) is 17.5 Å². The number of amides is 1. The first kappa shape index (κ1) is 18.1. The fraction of sp³-hybridized carbons (Fsp3) is 0.611. The fourth-order valence-corrected chi connectivity index (χ4v) is 4.48. The number of thiophene rings is 1. The number of nitrogens with one attached hydrogen (secondary N) is 2. The Labute approximate surface area is 151 Å². The second-order valence-corrected chi connectivity index (χ2v) is 7.70. The van der Waals surface area contributed by atoms with Crippen LogP contribution in [0.1, 0.15) is 54.2 Å². The number of nitrogens with zero attached hydrogens (tertiary/aromatic N) is 2. The molecule has 25 heavy (non-hydrogen) atoms. The quantitative estimate of drug-likeness (QED) is 0.855. The van der Waals surface area contributed by atoms with Crippen LogP contribution in [-0.4, -0.2) is 34.6 Å². The van der Waals surface area contributed by atoms with Crippen molar-refractivity contribution in [3.05, 3.63) is 26.6 Å². The largest absolute Gasteiger partial charge is 0.350 e. The molecule has 0 aromatic carbocycles. The van der Waals surface area contributed by atoms with E-state index < -0.39 is 0 Å². The molecule has 0 saturated carbocycles. The topological polar surface area (TPSA) is 76.0 Å². The average Bonchev–Trinajstić information content (AvgIpc) is 2.76. The lowest BCUT2D eigenvalue weighted by Crippen LogP contribution is -2.38. The van der Waals surface area contributed by atoms with Crippen LogP contribution in [0.4, 0.5) is 0 Å². The molecule has 2 aromatic rings. The van der Waals surface area contributed by atoms with E-state index in [9.17, 15) is 9.59 Å². The van der Waals surface area contributed by atoms with E-state index in [0.29, 0.717) is 21.6 Å². The zero-order chi connectivity index (χ0) is 18.0. The van der Waals surface area contributed by atoms with Gasteiger partial charge in [-0.15, -0.1) is 11.3 Å². The van der Waals surface area contributed by atoms with Crippen LogP contribution >= 0.6 is 11.3 Å². The highest BCUT2D eigenvalue weighted by Crippen LogP contribution is 2.28. The van der Waals surface area contributed by atoms with Crippen molar-refractivity contribution in [2.45, 2.75) is 59.0 Å². The van der Waals surface area contributed by atoms with E-state index in [1.54, 1.807) is 0 Å². The van der Waals surface area contributed by atoms with Gasteiger partial charge in [0.15, 0.2) is 0 Å². The van der Waals surface area contributed by atoms with Crippen LogP contribution in [0, 0.1) is 6.92 Å². The molecule has 2 N–H and O–H groups in total. The van der Waals surface area contributed by atoms with Crippen molar-refractivity contribution in [1.29, 1.82) is 0 Å². The van der Waals surface area contributed by atoms with E-state index in [2.05, 4.69) is 10.6 Å². The number of carbonyl (C=O) groups is 1. The third kappa shape index (κ3) is 3.62. The lowest BCUT2D eigenvalue weighted by Gasteiger charge is -2.12. The van der Waals surface area contributed by atoms with E-state index in [4.69, 9.17) is 4.98 Å². The highest BCUT2D eigenvalue weighted by Gasteiger charge is 2.22. The molecule has 7 heteroatoms. The van der Waals surface area contributed by atoms with Gasteiger partial charge in [-0.05, 0) is 38.8 Å². The molecule has 2 aromatic heterocycles. The molecule has 0 fully saturated rings. The molecule has 1 amide bonds. The van der Waals surface area contributed by atoms with Gasteiger partial charge in [0, 0.05) is 25.6 Å². The Morgan fingerprint density at radius 2 is 2.16 bits per heavy atom. The lowest BCUT2D eigenvalue weighted by molar-refractivity contribution is 0.0954. The minimum atomic E-state index is -0.121. The number of likely N-dealkylation sites (N-methyl/N-ethyl adjacent to an activating group) is 1. The van der Waals surface area contributed by atoms with Crippen molar-refractivity contribution < 1.29 is 4.79 Å². The second-order valence-electron chi connectivity index (χ2n) is 6.70. The molecular formula is C18H26N4O2S. The maximum Gasteiger partial charge on any atom is 0.262 e. The Bertz CT molecular complexity index is 840. The van der Waals surface area contributed by atoms with E-state index >= 15 is 0 Å². The van der Waals surface area contributed by atoms with Crippen LogP contribution in [0.5, 0.6) is 0 Å². The first-order valence-corrected chi connectivity index (χ1v) is 9.89. The molecular weight excluding hydrogens is 336 g/mol. The van der Waals surface area contributed by atoms with E-state index in [0.717, 1.165) is 50.2 Å². The van der Waals surface area contributed by atoms with Gasteiger partial charge in [-0.1, -0.05) is 13.3 Å². The van der Waals surface area contributed by atoms with E-state index in [1.165, 1.54) is 11.3 Å². The second kappa shape index (κ2) is 7.66. The predicted octanol–water partition coefficient (Wildman–Crippen LogP) is 2.22. The van der Waals surface area contributed by atoms with Crippen LogP contribution in [0.2, 0.25) is 0 Å². The summed E-state index contributed by atoms with van der Waals surface area (Å²) in [6, 6.07) is 0.212. The number of aromatic nitrogens is 2. The molecule has 1 aliphatic heterocycles. The fourth-order valence-electron chi connectivity index (χ4n) is 3.37. The molecule has 0 unspecified atom stereocenters. The minimum absolute atomic E-state index is 0.00992. The van der Waals surface area contributed by atoms with Crippen LogP contribution in [0.3, 0.4) is 0 Å². The van der Waals surface area contributed by atoms with Crippen molar-refractivity contribution in [3.8, 4) is 0 Å². The molecule has 0 aliphatic carbocycles. The van der Waals surface area contributed by atoms with Crippen molar-refractivity contribution in [2.24, 2.45) is 0 Å². The highest BCUT2D eigenvalue weighted by molar-refractivity contribution is 7.20. The SMILES string of the molecule is CCN[C@H](C)CNC(=O)c1sc2nc3n(c(=O)c2c1C)CCCCC3. The third-order valence-corrected chi connectivity index (χ3v) is 5.92. The monoisotopic (exact) mass is 362 g/mol. The smallest absolute Gasteiger partial charge is 0.262 e. The van der Waals surface area contributed by atoms with Crippen molar-refractivity contribution in [3.63, 3.8) is 0 Å². The number of rotatable bonds is 5. The van der Waals surface area contributed by atoms with Gasteiger partial charge >= 0.3 is 0 Å². The van der Waals surface area contributed by atoms with Gasteiger partial charge in [-0.3, -0.25) is 14.2 Å². The molecule has 0 saturated heterocycles. The van der Waals surface area contributed by atoms with Gasteiger partial charge in [-0.2, -0.15) is 0 Å². The normalized spacial score (nSPS) is 15.6. The van der Waals surface area contributed by atoms with Gasteiger partial charge in [0.05, 0.1) is 10.3 Å². The van der Waals surface area contributed by atoms with Gasteiger partial charge in [0.2, 0.25) is 0 Å². The van der Waals surface area contributed by atoms with Crippen molar-refractivity contribution in [2.75, 3.05) is 13.1 Å². The standard InChI is InChI=1S/C18H26N4O2S/c1-4-19-11(2)10-20-16(23)15-12(3)14-17(25-15)21-13-8-6-5-7-9-22(13)18(14)24/h11,19H,4-10H2,1-3H3,(H,20,23)/t11-/m1/s1. The number of fused-ring (bicyclic) bond motifs is 2. The van der Waals surface area contributed by atoms with Crippen molar-refractivity contribution in [1.82, 2.24) is 20.2 Å². The molecule has 6 nitrogen and oxygen atoms in total. The summed E-state index contributed by atoms with van der Waals surface area (Å²) >= 11 is 1.33. The number of hydrogen-bond acceptors (Lipinski definition) is 5. The first-order chi connectivity index (χ1) is 12.0. The zero-order valence-electron chi connectivity index (χ0n) is 15.1. The molecule has 3 rings (SSSR count). The first-order valence-electron chi connectivity index (χ1n) is 9.07. The summed E-state index contributed by atoms with van der Waals surface area (Å²) in [7, 11) is 0. The molecule has 1 atom stereocenters. The Balaban J connectivity index is 1.93. The molecule has 3 heterocycles. The van der Waals surface area contributed by atoms with Gasteiger partial charge in [0.25, 0.3) is 11.5 Å². The Hall–Kier alpha value is -1.73. The summed E-state index contributed by atoms with van der Waals surface area (Å²) in [5, 5.41) is 6.84. The number of carbonyl (C=O) groups excluding carboxylic acids is 1. The van der Waals surface area contributed by atoms with Gasteiger partial charge in [0.1, 0.15) is 10.7 Å². The summed E-state index contributed by atoms with van der Waals surface area (Å²) in [4.78, 5) is 31.5. The summed E-state index contributed by atoms with van der Waals surface area (Å²) in [5.41, 5.74) is 0.765. The highest BCUT2D eigenvalue weighted by atomic mass is 32.1. The molecule has 1 aliphatic rings. The Morgan fingerprint density at radius 1 is 1.36 bits per heavy atom. The van der Waals surface area contributed by atoms with Crippen LogP contribution in [0.15, 0.2) is 4.79 Å². The molecule has 0 radical (unpaired) electrons. The van der Waals surface area contributed by atoms with Gasteiger partial charge in [-0.25, -0.2) is 4.98 Å². The summed E-state index contributed by atoms with van der Waals surface area (Å²) < 4.78 is 1.81. The van der Waals surface area contributed by atoms with Crippen LogP contribution in [0.25, 0.3) is 10.2 Å². The minimum Gasteiger partial charge on any atom is -0.350 e. The zero-order valence-corrected chi connectivity index (χ0v) is 16.0. The maximum absolute atomic E-state index is 12.9. The Morgan fingerprint density at radius 3 is 2.92 bits per heavy atom. The van der Waals surface area contributed by atoms with Crippen LogP contribution < -0.4 is 16.2 Å². The number of aryl methyl sites for hydroxylation is 2. The van der Waals surface area contributed by atoms with Crippen molar-refractivity contribution >= 4 is 27.5 Å². The summed E-state index contributed by atoms with van der Waals surface area (Å²) in [6.45, 7) is 8.08. The lowest BCUT2D eigenvalue weighted by atomic mass is 10.2. The predicted molar refractivity (Wildman–Crippen MR) is 102 cm³/mol. The molecule has 136 valence electrons. The average molecular weight is 362 g/mol. The van der Waals surface area contributed by atoms with Gasteiger partial charge < -0.3 is 10.6 Å². The van der Waals surface area contributed by atoms with E-state index in [1.807, 2.05) is 25.3 Å². The maximum atomic E-state index is 12.9. The molecule has 0 bridgehead atoms. The number of hydrogen-bond donors (Lipinski definition) is 2. The summed E-state index contributed by atoms with van der Waals surface area (Å²) in [6.07, 6.45) is 4.05. The molecule has 0 spiro atoms. The van der Waals surface area contributed by atoms with Crippen LogP contribution in [-0.2, 0) is 13.0 Å². The summed E-state index contributed by atoms with van der Waals surface area (Å²) in [5.74, 6) is 0.744. The Kier molecular flexibility index (Phi) is 5.54.